The fourth-order valence-electron chi connectivity index (χ4n) is 1.72. The van der Waals surface area contributed by atoms with Crippen molar-refractivity contribution in [2.24, 2.45) is 5.73 Å². The molecular formula is C9H14BrN3. The van der Waals surface area contributed by atoms with E-state index in [1.165, 1.54) is 19.3 Å². The van der Waals surface area contributed by atoms with Gasteiger partial charge in [0.2, 0.25) is 0 Å². The zero-order chi connectivity index (χ0) is 9.26. The van der Waals surface area contributed by atoms with Gasteiger partial charge < -0.3 is 10.3 Å². The number of imidazole rings is 1. The van der Waals surface area contributed by atoms with Gasteiger partial charge in [0.1, 0.15) is 10.4 Å². The first kappa shape index (κ1) is 9.21. The summed E-state index contributed by atoms with van der Waals surface area (Å²) in [4.78, 5) is 4.34. The highest BCUT2D eigenvalue weighted by Gasteiger charge is 2.23. The summed E-state index contributed by atoms with van der Waals surface area (Å²) >= 11 is 3.52. The van der Waals surface area contributed by atoms with Crippen molar-refractivity contribution in [1.82, 2.24) is 9.55 Å². The van der Waals surface area contributed by atoms with E-state index in [1.54, 1.807) is 0 Å². The van der Waals surface area contributed by atoms with Crippen LogP contribution in [0.4, 0.5) is 0 Å². The Kier molecular flexibility index (Phi) is 2.69. The van der Waals surface area contributed by atoms with E-state index in [4.69, 9.17) is 5.73 Å². The van der Waals surface area contributed by atoms with Gasteiger partial charge in [-0.15, -0.1) is 0 Å². The summed E-state index contributed by atoms with van der Waals surface area (Å²) in [6.07, 6.45) is 6.67. The maximum Gasteiger partial charge on any atom is 0.111 e. The second kappa shape index (κ2) is 3.80. The van der Waals surface area contributed by atoms with Gasteiger partial charge >= 0.3 is 0 Å². The van der Waals surface area contributed by atoms with E-state index in [-0.39, 0.29) is 0 Å². The van der Waals surface area contributed by atoms with Crippen LogP contribution in [0.5, 0.6) is 0 Å². The summed E-state index contributed by atoms with van der Waals surface area (Å²) in [6, 6.07) is 0.665. The minimum Gasteiger partial charge on any atom is -0.330 e. The number of aromatic nitrogens is 2. The van der Waals surface area contributed by atoms with Crippen molar-refractivity contribution in [3.63, 3.8) is 0 Å². The van der Waals surface area contributed by atoms with Crippen molar-refractivity contribution >= 4 is 15.9 Å². The number of nitrogens with two attached hydrogens (primary N) is 1. The highest BCUT2D eigenvalue weighted by atomic mass is 79.9. The molecule has 1 aliphatic rings. The number of hydrogen-bond donors (Lipinski definition) is 1. The Balaban J connectivity index is 2.23. The molecule has 1 aromatic rings. The largest absolute Gasteiger partial charge is 0.330 e. The molecular weight excluding hydrogens is 230 g/mol. The molecule has 0 atom stereocenters. The predicted molar refractivity (Wildman–Crippen MR) is 55.6 cm³/mol. The van der Waals surface area contributed by atoms with Crippen molar-refractivity contribution in [2.75, 3.05) is 6.54 Å². The molecule has 0 unspecified atom stereocenters. The molecule has 0 amide bonds. The van der Waals surface area contributed by atoms with E-state index in [0.717, 1.165) is 16.8 Å². The number of nitrogens with zero attached hydrogens (tertiary/aromatic N) is 2. The second-order valence-electron chi connectivity index (χ2n) is 3.49. The normalized spacial score (nSPS) is 17.4. The van der Waals surface area contributed by atoms with E-state index in [2.05, 4.69) is 25.5 Å². The molecule has 0 aliphatic heterocycles. The van der Waals surface area contributed by atoms with Crippen LogP contribution in [0.1, 0.15) is 31.1 Å². The van der Waals surface area contributed by atoms with Gasteiger partial charge in [-0.2, -0.15) is 0 Å². The lowest BCUT2D eigenvalue weighted by Gasteiger charge is -2.29. The lowest BCUT2D eigenvalue weighted by molar-refractivity contribution is 0.302. The van der Waals surface area contributed by atoms with Crippen LogP contribution in [-0.4, -0.2) is 16.1 Å². The summed E-state index contributed by atoms with van der Waals surface area (Å²) in [5, 5.41) is 0. The first-order valence-electron chi connectivity index (χ1n) is 4.74. The molecule has 0 saturated heterocycles. The van der Waals surface area contributed by atoms with Crippen LogP contribution in [0, 0.1) is 0 Å². The third kappa shape index (κ3) is 1.65. The van der Waals surface area contributed by atoms with Crippen LogP contribution in [-0.2, 0) is 6.42 Å². The highest BCUT2D eigenvalue weighted by molar-refractivity contribution is 9.10. The summed E-state index contributed by atoms with van der Waals surface area (Å²) in [7, 11) is 0. The Bertz CT molecular complexity index is 291. The van der Waals surface area contributed by atoms with Crippen molar-refractivity contribution in [3.8, 4) is 0 Å². The molecule has 2 N–H and O–H groups in total. The lowest BCUT2D eigenvalue weighted by Crippen LogP contribution is -2.20. The van der Waals surface area contributed by atoms with Crippen molar-refractivity contribution in [3.05, 3.63) is 16.6 Å². The average molecular weight is 244 g/mol. The number of halogens is 1. The topological polar surface area (TPSA) is 43.8 Å². The Morgan fingerprint density at radius 3 is 2.92 bits per heavy atom. The summed E-state index contributed by atoms with van der Waals surface area (Å²) < 4.78 is 3.39. The first-order chi connectivity index (χ1) is 6.33. The van der Waals surface area contributed by atoms with Crippen LogP contribution in [0.2, 0.25) is 0 Å². The lowest BCUT2D eigenvalue weighted by atomic mass is 9.93. The molecule has 0 radical (unpaired) electrons. The maximum absolute atomic E-state index is 5.53. The standard InChI is InChI=1S/C9H14BrN3/c10-8-6-12-9(4-5-11)13(8)7-2-1-3-7/h6-7H,1-5,11H2. The fourth-order valence-corrected chi connectivity index (χ4v) is 2.32. The van der Waals surface area contributed by atoms with E-state index in [9.17, 15) is 0 Å². The molecule has 0 spiro atoms. The third-order valence-electron chi connectivity index (χ3n) is 2.64. The van der Waals surface area contributed by atoms with Crippen LogP contribution >= 0.6 is 15.9 Å². The molecule has 4 heteroatoms. The third-order valence-corrected chi connectivity index (χ3v) is 3.22. The van der Waals surface area contributed by atoms with Gasteiger partial charge in [-0.3, -0.25) is 0 Å². The van der Waals surface area contributed by atoms with Gasteiger partial charge in [-0.1, -0.05) is 0 Å². The zero-order valence-corrected chi connectivity index (χ0v) is 9.13. The molecule has 13 heavy (non-hydrogen) atoms. The van der Waals surface area contributed by atoms with Crippen molar-refractivity contribution < 1.29 is 0 Å². The smallest absolute Gasteiger partial charge is 0.111 e. The molecule has 1 saturated carbocycles. The molecule has 1 aromatic heterocycles. The van der Waals surface area contributed by atoms with E-state index in [0.29, 0.717) is 12.6 Å². The van der Waals surface area contributed by atoms with Gasteiger partial charge in [-0.05, 0) is 41.7 Å². The summed E-state index contributed by atoms with van der Waals surface area (Å²) in [6.45, 7) is 0.677. The fraction of sp³-hybridized carbons (Fsp3) is 0.667. The van der Waals surface area contributed by atoms with E-state index >= 15 is 0 Å². The number of rotatable bonds is 3. The van der Waals surface area contributed by atoms with Gasteiger partial charge in [0.25, 0.3) is 0 Å². The molecule has 2 rings (SSSR count). The highest BCUT2D eigenvalue weighted by Crippen LogP contribution is 2.35. The molecule has 0 aromatic carbocycles. The minimum absolute atomic E-state index is 0.665. The molecule has 72 valence electrons. The molecule has 1 heterocycles. The molecule has 1 aliphatic carbocycles. The van der Waals surface area contributed by atoms with Crippen LogP contribution < -0.4 is 5.73 Å². The zero-order valence-electron chi connectivity index (χ0n) is 7.54. The first-order valence-corrected chi connectivity index (χ1v) is 5.54. The Morgan fingerprint density at radius 2 is 2.38 bits per heavy atom. The van der Waals surface area contributed by atoms with E-state index in [1.807, 2.05) is 6.20 Å². The predicted octanol–water partition coefficient (Wildman–Crippen LogP) is 1.87. The molecule has 0 bridgehead atoms. The van der Waals surface area contributed by atoms with Gasteiger partial charge in [-0.25, -0.2) is 4.98 Å². The minimum atomic E-state index is 0.665. The van der Waals surface area contributed by atoms with Crippen molar-refractivity contribution in [2.45, 2.75) is 31.7 Å². The molecule has 1 fully saturated rings. The Labute approximate surface area is 86.5 Å². The van der Waals surface area contributed by atoms with Crippen LogP contribution in [0.3, 0.4) is 0 Å². The molecule has 3 nitrogen and oxygen atoms in total. The van der Waals surface area contributed by atoms with Crippen LogP contribution in [0.25, 0.3) is 0 Å². The van der Waals surface area contributed by atoms with Crippen molar-refractivity contribution in [1.29, 1.82) is 0 Å². The summed E-state index contributed by atoms with van der Waals surface area (Å²) in [5.41, 5.74) is 5.53. The monoisotopic (exact) mass is 243 g/mol. The summed E-state index contributed by atoms with van der Waals surface area (Å²) in [5.74, 6) is 1.12. The van der Waals surface area contributed by atoms with Gasteiger partial charge in [0.05, 0.1) is 6.20 Å². The van der Waals surface area contributed by atoms with Crippen LogP contribution in [0.15, 0.2) is 10.8 Å². The average Bonchev–Trinajstić information content (AvgIpc) is 2.34. The van der Waals surface area contributed by atoms with E-state index < -0.39 is 0 Å². The van der Waals surface area contributed by atoms with Gasteiger partial charge in [0.15, 0.2) is 0 Å². The maximum atomic E-state index is 5.53. The number of hydrogen-bond acceptors (Lipinski definition) is 2. The quantitative estimate of drug-likeness (QED) is 0.882. The Morgan fingerprint density at radius 1 is 1.62 bits per heavy atom. The Hall–Kier alpha value is -0.350. The van der Waals surface area contributed by atoms with Gasteiger partial charge in [0, 0.05) is 12.5 Å². The second-order valence-corrected chi connectivity index (χ2v) is 4.30. The SMILES string of the molecule is NCCc1ncc(Br)n1C1CCC1.